The molecule has 0 saturated heterocycles. The summed E-state index contributed by atoms with van der Waals surface area (Å²) in [6.07, 6.45) is 0. The molecule has 0 amide bonds. The molecule has 1 aromatic carbocycles. The number of thioether (sulfide) groups is 1. The number of rotatable bonds is 1. The molecule has 1 aliphatic rings. The highest BCUT2D eigenvalue weighted by Gasteiger charge is 2.34. The second kappa shape index (κ2) is 3.99. The van der Waals surface area contributed by atoms with Gasteiger partial charge in [-0.3, -0.25) is 9.69 Å². The highest BCUT2D eigenvalue weighted by atomic mass is 32.2. The summed E-state index contributed by atoms with van der Waals surface area (Å²) in [4.78, 5) is 15.3. The molecule has 1 heterocycles. The molecule has 15 heavy (non-hydrogen) atoms. The van der Waals surface area contributed by atoms with Crippen LogP contribution in [0, 0.1) is 0 Å². The van der Waals surface area contributed by atoms with Gasteiger partial charge in [0.25, 0.3) is 0 Å². The Hall–Kier alpha value is -0.800. The molecule has 2 unspecified atom stereocenters. The Morgan fingerprint density at radius 2 is 1.93 bits per heavy atom. The molecule has 0 aromatic heterocycles. The maximum atomic E-state index is 12.2. The van der Waals surface area contributed by atoms with Crippen molar-refractivity contribution in [3.63, 3.8) is 0 Å². The molecule has 0 aliphatic carbocycles. The molecular weight excluding hydrogens is 206 g/mol. The van der Waals surface area contributed by atoms with Gasteiger partial charge in [-0.1, -0.05) is 25.1 Å². The fraction of sp³-hybridized carbons (Fsp3) is 0.417. The van der Waals surface area contributed by atoms with Crippen molar-refractivity contribution < 1.29 is 4.79 Å². The molecule has 80 valence electrons. The first kappa shape index (κ1) is 10.7. The van der Waals surface area contributed by atoms with E-state index in [1.807, 2.05) is 43.3 Å². The van der Waals surface area contributed by atoms with E-state index >= 15 is 0 Å². The fourth-order valence-corrected chi connectivity index (χ4v) is 3.41. The van der Waals surface area contributed by atoms with Gasteiger partial charge < -0.3 is 0 Å². The zero-order chi connectivity index (χ0) is 11.0. The lowest BCUT2D eigenvalue weighted by atomic mass is 10.0. The van der Waals surface area contributed by atoms with Gasteiger partial charge in [-0.05, 0) is 20.2 Å². The molecule has 2 nitrogen and oxygen atoms in total. The molecule has 3 heteroatoms. The Bertz CT molecular complexity index is 389. The van der Waals surface area contributed by atoms with E-state index in [1.165, 1.54) is 0 Å². The lowest BCUT2D eigenvalue weighted by Crippen LogP contribution is -2.44. The maximum Gasteiger partial charge on any atom is 0.182 e. The number of hydrogen-bond donors (Lipinski definition) is 0. The van der Waals surface area contributed by atoms with Crippen LogP contribution in [0.5, 0.6) is 0 Å². The molecule has 0 fully saturated rings. The van der Waals surface area contributed by atoms with E-state index in [1.54, 1.807) is 11.8 Å². The van der Waals surface area contributed by atoms with Gasteiger partial charge in [-0.25, -0.2) is 0 Å². The molecule has 0 radical (unpaired) electrons. The first-order valence-electron chi connectivity index (χ1n) is 5.07. The van der Waals surface area contributed by atoms with Gasteiger partial charge >= 0.3 is 0 Å². The van der Waals surface area contributed by atoms with Gasteiger partial charge in [0.2, 0.25) is 0 Å². The third-order valence-electron chi connectivity index (χ3n) is 2.73. The van der Waals surface area contributed by atoms with Crippen molar-refractivity contribution in [3.8, 4) is 0 Å². The second-order valence-electron chi connectivity index (χ2n) is 4.09. The van der Waals surface area contributed by atoms with Crippen LogP contribution in [0.3, 0.4) is 0 Å². The molecular formula is C12H15NOS. The van der Waals surface area contributed by atoms with Crippen molar-refractivity contribution in [2.45, 2.75) is 23.1 Å². The number of fused-ring (bicyclic) bond motifs is 1. The maximum absolute atomic E-state index is 12.2. The summed E-state index contributed by atoms with van der Waals surface area (Å²) < 4.78 is 0. The van der Waals surface area contributed by atoms with Gasteiger partial charge in [0, 0.05) is 15.7 Å². The standard InChI is InChI=1S/C12H15NOS/c1-8-11(13(2)3)12(14)9-6-4-5-7-10(9)15-8/h4-8,11H,1-3H3. The minimum atomic E-state index is 0.00454. The Morgan fingerprint density at radius 1 is 1.27 bits per heavy atom. The van der Waals surface area contributed by atoms with Crippen LogP contribution in [0.1, 0.15) is 17.3 Å². The lowest BCUT2D eigenvalue weighted by molar-refractivity contribution is 0.0869. The smallest absolute Gasteiger partial charge is 0.182 e. The average molecular weight is 221 g/mol. The molecule has 1 aliphatic heterocycles. The van der Waals surface area contributed by atoms with E-state index in [0.717, 1.165) is 10.5 Å². The number of carbonyl (C=O) groups is 1. The number of ketones is 1. The normalized spacial score (nSPS) is 25.5. The van der Waals surface area contributed by atoms with Crippen molar-refractivity contribution in [2.75, 3.05) is 14.1 Å². The van der Waals surface area contributed by atoms with E-state index in [9.17, 15) is 4.79 Å². The SMILES string of the molecule is CC1Sc2ccccc2C(=O)C1N(C)C. The summed E-state index contributed by atoms with van der Waals surface area (Å²) in [5.41, 5.74) is 0.874. The molecule has 0 N–H and O–H groups in total. The summed E-state index contributed by atoms with van der Waals surface area (Å²) in [5.74, 6) is 0.252. The predicted octanol–water partition coefficient (Wildman–Crippen LogP) is 2.29. The molecule has 1 aromatic rings. The van der Waals surface area contributed by atoms with Gasteiger partial charge in [-0.2, -0.15) is 0 Å². The van der Waals surface area contributed by atoms with Gasteiger partial charge in [0.1, 0.15) is 0 Å². The Labute approximate surface area is 94.7 Å². The zero-order valence-corrected chi connectivity index (χ0v) is 10.0. The van der Waals surface area contributed by atoms with Gasteiger partial charge in [0.05, 0.1) is 6.04 Å². The number of hydrogen-bond acceptors (Lipinski definition) is 3. The molecule has 0 bridgehead atoms. The highest BCUT2D eigenvalue weighted by molar-refractivity contribution is 8.00. The monoisotopic (exact) mass is 221 g/mol. The molecule has 0 spiro atoms. The van der Waals surface area contributed by atoms with Crippen molar-refractivity contribution in [1.29, 1.82) is 0 Å². The van der Waals surface area contributed by atoms with Crippen LogP contribution in [-0.4, -0.2) is 36.1 Å². The quantitative estimate of drug-likeness (QED) is 0.725. The van der Waals surface area contributed by atoms with Crippen molar-refractivity contribution >= 4 is 17.5 Å². The molecule has 2 rings (SSSR count). The van der Waals surface area contributed by atoms with Crippen LogP contribution < -0.4 is 0 Å². The fourth-order valence-electron chi connectivity index (χ4n) is 2.06. The Balaban J connectivity index is 2.43. The average Bonchev–Trinajstić information content (AvgIpc) is 2.17. The Morgan fingerprint density at radius 3 is 2.60 bits per heavy atom. The number of Topliss-reactive ketones (excluding diaryl/α,β-unsaturated/α-hetero) is 1. The van der Waals surface area contributed by atoms with E-state index < -0.39 is 0 Å². The van der Waals surface area contributed by atoms with Gasteiger partial charge in [-0.15, -0.1) is 11.8 Å². The van der Waals surface area contributed by atoms with Crippen LogP contribution in [0.15, 0.2) is 29.2 Å². The number of likely N-dealkylation sites (N-methyl/N-ethyl adjacent to an activating group) is 1. The van der Waals surface area contributed by atoms with Gasteiger partial charge in [0.15, 0.2) is 5.78 Å². The third-order valence-corrected chi connectivity index (χ3v) is 3.97. The minimum Gasteiger partial charge on any atom is -0.299 e. The van der Waals surface area contributed by atoms with Crippen LogP contribution in [-0.2, 0) is 0 Å². The summed E-state index contributed by atoms with van der Waals surface area (Å²) in [6, 6.07) is 7.87. The van der Waals surface area contributed by atoms with E-state index in [0.29, 0.717) is 5.25 Å². The largest absolute Gasteiger partial charge is 0.299 e. The van der Waals surface area contributed by atoms with E-state index in [4.69, 9.17) is 0 Å². The first-order chi connectivity index (χ1) is 7.11. The number of nitrogens with zero attached hydrogens (tertiary/aromatic N) is 1. The van der Waals surface area contributed by atoms with E-state index in [2.05, 4.69) is 6.92 Å². The third kappa shape index (κ3) is 1.82. The topological polar surface area (TPSA) is 20.3 Å². The van der Waals surface area contributed by atoms with Crippen molar-refractivity contribution in [3.05, 3.63) is 29.8 Å². The van der Waals surface area contributed by atoms with E-state index in [-0.39, 0.29) is 11.8 Å². The summed E-state index contributed by atoms with van der Waals surface area (Å²) in [7, 11) is 3.93. The number of carbonyl (C=O) groups excluding carboxylic acids is 1. The summed E-state index contributed by atoms with van der Waals surface area (Å²) in [6.45, 7) is 2.11. The molecule has 0 saturated carbocycles. The van der Waals surface area contributed by atoms with Crippen LogP contribution in [0.25, 0.3) is 0 Å². The highest BCUT2D eigenvalue weighted by Crippen LogP contribution is 2.36. The van der Waals surface area contributed by atoms with Crippen LogP contribution >= 0.6 is 11.8 Å². The predicted molar refractivity (Wildman–Crippen MR) is 63.6 cm³/mol. The summed E-state index contributed by atoms with van der Waals surface area (Å²) in [5, 5.41) is 0.322. The second-order valence-corrected chi connectivity index (χ2v) is 5.51. The summed E-state index contributed by atoms with van der Waals surface area (Å²) >= 11 is 1.79. The van der Waals surface area contributed by atoms with Crippen molar-refractivity contribution in [2.24, 2.45) is 0 Å². The number of benzene rings is 1. The lowest BCUT2D eigenvalue weighted by Gasteiger charge is -2.33. The minimum absolute atomic E-state index is 0.00454. The van der Waals surface area contributed by atoms with Crippen molar-refractivity contribution in [1.82, 2.24) is 4.90 Å². The Kier molecular flexibility index (Phi) is 2.85. The van der Waals surface area contributed by atoms with Crippen LogP contribution in [0.2, 0.25) is 0 Å². The first-order valence-corrected chi connectivity index (χ1v) is 5.95. The van der Waals surface area contributed by atoms with Crippen LogP contribution in [0.4, 0.5) is 0 Å². The zero-order valence-electron chi connectivity index (χ0n) is 9.23. The molecule has 2 atom stereocenters.